The van der Waals surface area contributed by atoms with Crippen molar-refractivity contribution in [3.05, 3.63) is 23.0 Å². The van der Waals surface area contributed by atoms with Crippen LogP contribution in [0.15, 0.2) is 12.1 Å². The number of hydrogen-bond acceptors (Lipinski definition) is 4. The van der Waals surface area contributed by atoms with Gasteiger partial charge in [0.2, 0.25) is 0 Å². The van der Waals surface area contributed by atoms with E-state index in [4.69, 9.17) is 21.3 Å². The first-order valence-corrected chi connectivity index (χ1v) is 9.05. The van der Waals surface area contributed by atoms with Crippen molar-refractivity contribution in [3.8, 4) is 0 Å². The first-order chi connectivity index (χ1) is 11.5. The highest BCUT2D eigenvalue weighted by atomic mass is 35.5. The van der Waals surface area contributed by atoms with Crippen LogP contribution in [0, 0.1) is 0 Å². The minimum atomic E-state index is -0.0786. The molecule has 0 saturated carbocycles. The number of hydrogen-bond donors (Lipinski definition) is 2. The Morgan fingerprint density at radius 1 is 1.23 bits per heavy atom. The monoisotopic (exact) mass is 422 g/mol. The van der Waals surface area contributed by atoms with Crippen molar-refractivity contribution in [1.29, 1.82) is 0 Å². The Bertz CT molecular complexity index is 699. The van der Waals surface area contributed by atoms with E-state index in [2.05, 4.69) is 35.1 Å². The average molecular weight is 424 g/mol. The van der Waals surface area contributed by atoms with Crippen LogP contribution in [-0.2, 0) is 11.2 Å². The van der Waals surface area contributed by atoms with E-state index in [9.17, 15) is 0 Å². The van der Waals surface area contributed by atoms with Gasteiger partial charge >= 0.3 is 0 Å². The van der Waals surface area contributed by atoms with Gasteiger partial charge in [0, 0.05) is 39.7 Å². The molecule has 148 valence electrons. The molecule has 2 heterocycles. The maximum Gasteiger partial charge on any atom is 0.107 e. The summed E-state index contributed by atoms with van der Waals surface area (Å²) in [6, 6.07) is 4.12. The van der Waals surface area contributed by atoms with Crippen molar-refractivity contribution in [2.75, 3.05) is 38.2 Å². The summed E-state index contributed by atoms with van der Waals surface area (Å²) in [7, 11) is 1.76. The van der Waals surface area contributed by atoms with Crippen molar-refractivity contribution in [3.63, 3.8) is 0 Å². The number of benzene rings is 1. The fraction of sp³-hybridized carbons (Fsp3) is 0.611. The van der Waals surface area contributed by atoms with E-state index in [1.54, 1.807) is 7.11 Å². The number of anilines is 1. The molecule has 3 rings (SSSR count). The lowest BCUT2D eigenvalue weighted by Gasteiger charge is -2.30. The molecule has 2 N–H and O–H groups in total. The molecule has 26 heavy (non-hydrogen) atoms. The zero-order valence-corrected chi connectivity index (χ0v) is 18.0. The molecule has 0 atom stereocenters. The number of aromatic amines is 1. The Balaban J connectivity index is 0.00000169. The summed E-state index contributed by atoms with van der Waals surface area (Å²) in [6.45, 7) is 8.18. The van der Waals surface area contributed by atoms with Crippen LogP contribution in [0.4, 0.5) is 5.69 Å². The van der Waals surface area contributed by atoms with E-state index < -0.39 is 0 Å². The Hall–Kier alpha value is -0.720. The van der Waals surface area contributed by atoms with Gasteiger partial charge in [0.25, 0.3) is 0 Å². The van der Waals surface area contributed by atoms with Gasteiger partial charge in [0.15, 0.2) is 0 Å². The number of rotatable bonds is 6. The van der Waals surface area contributed by atoms with Gasteiger partial charge in [0.1, 0.15) is 5.82 Å². The zero-order valence-electron chi connectivity index (χ0n) is 15.6. The van der Waals surface area contributed by atoms with Crippen LogP contribution in [0.3, 0.4) is 0 Å². The topological polar surface area (TPSA) is 53.2 Å². The van der Waals surface area contributed by atoms with Crippen LogP contribution in [0.1, 0.15) is 32.5 Å². The van der Waals surface area contributed by atoms with Crippen LogP contribution < -0.4 is 10.2 Å². The predicted molar refractivity (Wildman–Crippen MR) is 115 cm³/mol. The van der Waals surface area contributed by atoms with Gasteiger partial charge in [-0.2, -0.15) is 0 Å². The summed E-state index contributed by atoms with van der Waals surface area (Å²) < 4.78 is 5.47. The number of imidazole rings is 1. The molecule has 2 aromatic rings. The third-order valence-corrected chi connectivity index (χ3v) is 5.10. The highest BCUT2D eigenvalue weighted by Gasteiger charge is 2.17. The van der Waals surface area contributed by atoms with E-state index in [0.29, 0.717) is 0 Å². The lowest BCUT2D eigenvalue weighted by molar-refractivity contribution is 0.0139. The number of fused-ring (bicyclic) bond motifs is 1. The third kappa shape index (κ3) is 5.64. The molecule has 0 radical (unpaired) electrons. The number of halogens is 3. The number of piperazine rings is 1. The molecule has 1 fully saturated rings. The zero-order chi connectivity index (χ0) is 17.2. The average Bonchev–Trinajstić information content (AvgIpc) is 2.96. The molecule has 0 spiro atoms. The second-order valence-corrected chi connectivity index (χ2v) is 7.47. The molecule has 1 saturated heterocycles. The fourth-order valence-electron chi connectivity index (χ4n) is 3.12. The van der Waals surface area contributed by atoms with Crippen molar-refractivity contribution < 1.29 is 4.74 Å². The largest absolute Gasteiger partial charge is 0.379 e. The van der Waals surface area contributed by atoms with Gasteiger partial charge < -0.3 is 19.9 Å². The van der Waals surface area contributed by atoms with E-state index in [0.717, 1.165) is 73.0 Å². The second-order valence-electron chi connectivity index (χ2n) is 7.06. The van der Waals surface area contributed by atoms with Crippen LogP contribution in [-0.4, -0.2) is 48.9 Å². The van der Waals surface area contributed by atoms with Gasteiger partial charge in [0.05, 0.1) is 27.3 Å². The van der Waals surface area contributed by atoms with Crippen LogP contribution in [0.2, 0.25) is 5.02 Å². The predicted octanol–water partition coefficient (Wildman–Crippen LogP) is 4.22. The summed E-state index contributed by atoms with van der Waals surface area (Å²) in [5, 5.41) is 4.16. The van der Waals surface area contributed by atoms with Crippen LogP contribution in [0.5, 0.6) is 0 Å². The van der Waals surface area contributed by atoms with E-state index in [1.165, 1.54) is 0 Å². The Labute approximate surface area is 173 Å². The van der Waals surface area contributed by atoms with Crippen molar-refractivity contribution in [2.24, 2.45) is 0 Å². The molecule has 0 aliphatic carbocycles. The number of H-pyrrole nitrogens is 1. The maximum atomic E-state index is 6.50. The van der Waals surface area contributed by atoms with Crippen molar-refractivity contribution in [2.45, 2.75) is 38.7 Å². The summed E-state index contributed by atoms with van der Waals surface area (Å²) in [5.74, 6) is 1.02. The quantitative estimate of drug-likeness (QED) is 0.730. The Morgan fingerprint density at radius 3 is 2.58 bits per heavy atom. The Morgan fingerprint density at radius 2 is 1.92 bits per heavy atom. The second kappa shape index (κ2) is 10.00. The van der Waals surface area contributed by atoms with Gasteiger partial charge in [-0.05, 0) is 38.8 Å². The number of methoxy groups -OCH3 is 1. The van der Waals surface area contributed by atoms with Gasteiger partial charge in [-0.25, -0.2) is 4.98 Å². The van der Waals surface area contributed by atoms with Gasteiger partial charge in [-0.3, -0.25) is 0 Å². The smallest absolute Gasteiger partial charge is 0.107 e. The van der Waals surface area contributed by atoms with Crippen molar-refractivity contribution in [1.82, 2.24) is 15.3 Å². The number of aryl methyl sites for hydroxylation is 1. The van der Waals surface area contributed by atoms with Gasteiger partial charge in [-0.1, -0.05) is 11.6 Å². The standard InChI is InChI=1S/C18H27ClN4O.2ClH/c1-18(2,24-3)6-4-5-17-21-14-11-13(19)16(12-15(14)22-17)23-9-7-20-8-10-23;;/h11-12,20H,4-10H2,1-3H3,(H,21,22);2*1H. The first-order valence-electron chi connectivity index (χ1n) is 8.67. The number of nitrogens with one attached hydrogen (secondary N) is 2. The fourth-order valence-corrected chi connectivity index (χ4v) is 3.41. The molecule has 0 unspecified atom stereocenters. The molecule has 1 aliphatic rings. The van der Waals surface area contributed by atoms with Crippen LogP contribution >= 0.6 is 36.4 Å². The molecule has 1 aliphatic heterocycles. The Kier molecular flexibility index (Phi) is 8.97. The number of nitrogens with zero attached hydrogens (tertiary/aromatic N) is 2. The third-order valence-electron chi connectivity index (χ3n) is 4.80. The summed E-state index contributed by atoms with van der Waals surface area (Å²) in [6.07, 6.45) is 2.97. The van der Waals surface area contributed by atoms with Crippen LogP contribution in [0.25, 0.3) is 11.0 Å². The van der Waals surface area contributed by atoms with E-state index in [-0.39, 0.29) is 30.4 Å². The van der Waals surface area contributed by atoms with Crippen molar-refractivity contribution >= 4 is 53.1 Å². The minimum absolute atomic E-state index is 0. The summed E-state index contributed by atoms with van der Waals surface area (Å²) in [5.41, 5.74) is 3.02. The number of aromatic nitrogens is 2. The summed E-state index contributed by atoms with van der Waals surface area (Å²) in [4.78, 5) is 10.5. The first kappa shape index (κ1) is 23.3. The maximum absolute atomic E-state index is 6.50. The van der Waals surface area contributed by atoms with E-state index >= 15 is 0 Å². The highest BCUT2D eigenvalue weighted by Crippen LogP contribution is 2.30. The molecule has 0 bridgehead atoms. The molecular weight excluding hydrogens is 395 g/mol. The molecule has 1 aromatic heterocycles. The SMILES string of the molecule is COC(C)(C)CCCc1nc2cc(N3CCNCC3)c(Cl)cc2[nH]1.Cl.Cl. The minimum Gasteiger partial charge on any atom is -0.379 e. The lowest BCUT2D eigenvalue weighted by atomic mass is 10.0. The normalized spacial score (nSPS) is 14.8. The highest BCUT2D eigenvalue weighted by molar-refractivity contribution is 6.34. The molecule has 5 nitrogen and oxygen atoms in total. The lowest BCUT2D eigenvalue weighted by Crippen LogP contribution is -2.43. The van der Waals surface area contributed by atoms with Gasteiger partial charge in [-0.15, -0.1) is 24.8 Å². The molecule has 1 aromatic carbocycles. The number of ether oxygens (including phenoxy) is 1. The van der Waals surface area contributed by atoms with E-state index in [1.807, 2.05) is 6.07 Å². The molecule has 0 amide bonds. The molecular formula is C18H29Cl3N4O. The summed E-state index contributed by atoms with van der Waals surface area (Å²) >= 11 is 6.50. The molecule has 8 heteroatoms.